The van der Waals surface area contributed by atoms with Crippen molar-refractivity contribution in [1.29, 1.82) is 0 Å². The maximum absolute atomic E-state index is 10.3. The standard InChI is InChI=1S/C21H23N3O2/c1-23-12-10-21(11-13-23)24-18(16-7-3-5-9-20(16)26-21)14-17(22-24)15-6-2-4-8-19(15)25/h2-9,18,25H,10-14H2,1H3. The van der Waals surface area contributed by atoms with Crippen LogP contribution in [0.15, 0.2) is 53.6 Å². The van der Waals surface area contributed by atoms with Gasteiger partial charge in [0.15, 0.2) is 0 Å². The number of fused-ring (bicyclic) bond motifs is 4. The molecule has 5 nitrogen and oxygen atoms in total. The van der Waals surface area contributed by atoms with E-state index in [9.17, 15) is 5.11 Å². The van der Waals surface area contributed by atoms with Crippen molar-refractivity contribution in [3.05, 3.63) is 59.7 Å². The molecule has 0 aliphatic carbocycles. The Bertz CT molecular complexity index is 871. The lowest BCUT2D eigenvalue weighted by molar-refractivity contribution is -0.147. The molecule has 2 aromatic rings. The minimum Gasteiger partial charge on any atom is -0.507 e. The molecule has 3 heterocycles. The van der Waals surface area contributed by atoms with Crippen LogP contribution in [0.2, 0.25) is 0 Å². The van der Waals surface area contributed by atoms with Crippen LogP contribution >= 0.6 is 0 Å². The second-order valence-corrected chi connectivity index (χ2v) is 7.52. The van der Waals surface area contributed by atoms with Gasteiger partial charge in [0.1, 0.15) is 11.5 Å². The van der Waals surface area contributed by atoms with E-state index >= 15 is 0 Å². The highest BCUT2D eigenvalue weighted by Gasteiger charge is 2.51. The monoisotopic (exact) mass is 349 g/mol. The van der Waals surface area contributed by atoms with E-state index in [1.807, 2.05) is 24.3 Å². The summed E-state index contributed by atoms with van der Waals surface area (Å²) in [5.41, 5.74) is 2.55. The first-order valence-corrected chi connectivity index (χ1v) is 9.28. The highest BCUT2D eigenvalue weighted by Crippen LogP contribution is 2.50. The Kier molecular flexibility index (Phi) is 3.47. The molecule has 1 atom stereocenters. The number of piperidine rings is 1. The number of para-hydroxylation sites is 2. The zero-order valence-corrected chi connectivity index (χ0v) is 14.9. The van der Waals surface area contributed by atoms with Crippen molar-refractivity contribution in [2.24, 2.45) is 5.10 Å². The number of benzene rings is 2. The fourth-order valence-corrected chi connectivity index (χ4v) is 4.41. The topological polar surface area (TPSA) is 48.3 Å². The molecule has 1 fully saturated rings. The van der Waals surface area contributed by atoms with Gasteiger partial charge >= 0.3 is 0 Å². The third-order valence-corrected chi connectivity index (χ3v) is 5.89. The van der Waals surface area contributed by atoms with E-state index in [1.54, 1.807) is 6.07 Å². The van der Waals surface area contributed by atoms with E-state index in [-0.39, 0.29) is 11.8 Å². The van der Waals surface area contributed by atoms with Crippen LogP contribution in [-0.4, -0.2) is 46.6 Å². The molecule has 0 amide bonds. The lowest BCUT2D eigenvalue weighted by Crippen LogP contribution is -2.58. The van der Waals surface area contributed by atoms with Crippen LogP contribution in [0.1, 0.15) is 36.4 Å². The van der Waals surface area contributed by atoms with Gasteiger partial charge in [0, 0.05) is 43.5 Å². The maximum Gasteiger partial charge on any atom is 0.200 e. The molecule has 3 aliphatic rings. The molecule has 1 saturated heterocycles. The Balaban J connectivity index is 1.60. The summed E-state index contributed by atoms with van der Waals surface area (Å²) in [5, 5.41) is 17.5. The fraction of sp³-hybridized carbons (Fsp3) is 0.381. The molecule has 0 radical (unpaired) electrons. The Morgan fingerprint density at radius 1 is 1.08 bits per heavy atom. The van der Waals surface area contributed by atoms with Crippen LogP contribution in [0.5, 0.6) is 11.5 Å². The van der Waals surface area contributed by atoms with Gasteiger partial charge in [-0.3, -0.25) is 0 Å². The average Bonchev–Trinajstić information content (AvgIpc) is 3.11. The van der Waals surface area contributed by atoms with Crippen molar-refractivity contribution in [3.63, 3.8) is 0 Å². The summed E-state index contributed by atoms with van der Waals surface area (Å²) in [6.07, 6.45) is 2.63. The number of hydrogen-bond acceptors (Lipinski definition) is 5. The summed E-state index contributed by atoms with van der Waals surface area (Å²) in [7, 11) is 2.15. The van der Waals surface area contributed by atoms with Crippen LogP contribution in [-0.2, 0) is 0 Å². The Morgan fingerprint density at radius 3 is 2.62 bits per heavy atom. The van der Waals surface area contributed by atoms with Crippen molar-refractivity contribution in [2.45, 2.75) is 31.0 Å². The molecule has 0 aromatic heterocycles. The Hall–Kier alpha value is -2.53. The molecule has 0 bridgehead atoms. The number of nitrogens with zero attached hydrogens (tertiary/aromatic N) is 3. The van der Waals surface area contributed by atoms with E-state index in [2.05, 4.69) is 35.2 Å². The number of rotatable bonds is 1. The summed E-state index contributed by atoms with van der Waals surface area (Å²) in [6.45, 7) is 1.99. The van der Waals surface area contributed by atoms with Crippen molar-refractivity contribution in [3.8, 4) is 11.5 Å². The highest BCUT2D eigenvalue weighted by atomic mass is 16.5. The van der Waals surface area contributed by atoms with Crippen LogP contribution in [0, 0.1) is 0 Å². The van der Waals surface area contributed by atoms with E-state index in [0.29, 0.717) is 0 Å². The zero-order chi connectivity index (χ0) is 17.7. The molecule has 1 spiro atoms. The van der Waals surface area contributed by atoms with E-state index in [4.69, 9.17) is 9.84 Å². The second kappa shape index (κ2) is 5.74. The predicted molar refractivity (Wildman–Crippen MR) is 100 cm³/mol. The van der Waals surface area contributed by atoms with Crippen molar-refractivity contribution >= 4 is 5.71 Å². The number of aromatic hydroxyl groups is 1. The van der Waals surface area contributed by atoms with Crippen molar-refractivity contribution < 1.29 is 9.84 Å². The molecule has 3 aliphatic heterocycles. The van der Waals surface area contributed by atoms with E-state index in [1.165, 1.54) is 5.56 Å². The number of hydrazone groups is 1. The van der Waals surface area contributed by atoms with Gasteiger partial charge in [0.2, 0.25) is 5.72 Å². The minimum absolute atomic E-state index is 0.165. The van der Waals surface area contributed by atoms with Gasteiger partial charge in [0.05, 0.1) is 11.8 Å². The van der Waals surface area contributed by atoms with Crippen molar-refractivity contribution in [1.82, 2.24) is 9.91 Å². The molecule has 2 aromatic carbocycles. The summed E-state index contributed by atoms with van der Waals surface area (Å²) in [6, 6.07) is 15.9. The Morgan fingerprint density at radius 2 is 1.81 bits per heavy atom. The first-order chi connectivity index (χ1) is 12.7. The molecule has 5 heteroatoms. The normalized spacial score (nSPS) is 24.0. The molecule has 0 saturated carbocycles. The van der Waals surface area contributed by atoms with Gasteiger partial charge < -0.3 is 14.7 Å². The van der Waals surface area contributed by atoms with Crippen LogP contribution in [0.25, 0.3) is 0 Å². The van der Waals surface area contributed by atoms with Crippen LogP contribution in [0.3, 0.4) is 0 Å². The summed E-state index contributed by atoms with van der Waals surface area (Å²) < 4.78 is 6.57. The SMILES string of the molecule is CN1CCC2(CC1)Oc1ccccc1C1CC(c3ccccc3O)=NN12. The third-order valence-electron chi connectivity index (χ3n) is 5.89. The Labute approximate surface area is 153 Å². The fourth-order valence-electron chi connectivity index (χ4n) is 4.41. The molecule has 1 unspecified atom stereocenters. The lowest BCUT2D eigenvalue weighted by Gasteiger charge is -2.50. The van der Waals surface area contributed by atoms with Gasteiger partial charge in [0.25, 0.3) is 0 Å². The smallest absolute Gasteiger partial charge is 0.200 e. The van der Waals surface area contributed by atoms with Crippen LogP contribution in [0.4, 0.5) is 0 Å². The predicted octanol–water partition coefficient (Wildman–Crippen LogP) is 3.36. The van der Waals surface area contributed by atoms with Gasteiger partial charge in [-0.2, -0.15) is 5.10 Å². The van der Waals surface area contributed by atoms with Gasteiger partial charge in [-0.05, 0) is 25.2 Å². The zero-order valence-electron chi connectivity index (χ0n) is 14.9. The molecule has 134 valence electrons. The first-order valence-electron chi connectivity index (χ1n) is 9.28. The number of hydrogen-bond donors (Lipinski definition) is 1. The van der Waals surface area contributed by atoms with Gasteiger partial charge in [-0.15, -0.1) is 0 Å². The molecule has 1 N–H and O–H groups in total. The second-order valence-electron chi connectivity index (χ2n) is 7.52. The maximum atomic E-state index is 10.3. The lowest BCUT2D eigenvalue weighted by atomic mass is 9.91. The largest absolute Gasteiger partial charge is 0.507 e. The summed E-state index contributed by atoms with van der Waals surface area (Å²) in [4.78, 5) is 2.34. The molecule has 5 rings (SSSR count). The number of phenolic OH excluding ortho intramolecular Hbond substituents is 1. The number of phenols is 1. The number of ether oxygens (including phenoxy) is 1. The molecular weight excluding hydrogens is 326 g/mol. The minimum atomic E-state index is -0.391. The van der Waals surface area contributed by atoms with Crippen molar-refractivity contribution in [2.75, 3.05) is 20.1 Å². The third kappa shape index (κ3) is 2.31. The van der Waals surface area contributed by atoms with Gasteiger partial charge in [-0.25, -0.2) is 5.01 Å². The highest BCUT2D eigenvalue weighted by molar-refractivity contribution is 6.04. The van der Waals surface area contributed by atoms with E-state index < -0.39 is 5.72 Å². The quantitative estimate of drug-likeness (QED) is 0.858. The first kappa shape index (κ1) is 15.7. The van der Waals surface area contributed by atoms with E-state index in [0.717, 1.165) is 49.4 Å². The molecular formula is C21H23N3O2. The number of likely N-dealkylation sites (tertiary alicyclic amines) is 1. The van der Waals surface area contributed by atoms with Crippen LogP contribution < -0.4 is 4.74 Å². The summed E-state index contributed by atoms with van der Waals surface area (Å²) >= 11 is 0. The molecule has 26 heavy (non-hydrogen) atoms. The average molecular weight is 349 g/mol. The van der Waals surface area contributed by atoms with Gasteiger partial charge in [-0.1, -0.05) is 30.3 Å². The summed E-state index contributed by atoms with van der Waals surface area (Å²) in [5.74, 6) is 1.27.